The van der Waals surface area contributed by atoms with Crippen molar-refractivity contribution in [3.05, 3.63) is 33.3 Å². The summed E-state index contributed by atoms with van der Waals surface area (Å²) >= 11 is 3.48. The summed E-state index contributed by atoms with van der Waals surface area (Å²) in [5, 5.41) is 8.86. The molecule has 0 saturated carbocycles. The maximum atomic E-state index is 10.8. The van der Waals surface area contributed by atoms with Crippen LogP contribution in [0.4, 0.5) is 0 Å². The van der Waals surface area contributed by atoms with Crippen molar-refractivity contribution in [1.29, 1.82) is 0 Å². The highest BCUT2D eigenvalue weighted by Gasteiger charge is 2.14. The third-order valence-corrected chi connectivity index (χ3v) is 3.37. The largest absolute Gasteiger partial charge is 0.481 e. The molecule has 1 unspecified atom stereocenters. The Morgan fingerprint density at radius 1 is 1.47 bits per heavy atom. The molecule has 1 atom stereocenters. The fraction of sp³-hybridized carbons (Fsp3) is 0.417. The number of hydrogen-bond acceptors (Lipinski definition) is 1. The molecular weight excluding hydrogens is 256 g/mol. The van der Waals surface area contributed by atoms with Gasteiger partial charge < -0.3 is 5.11 Å². The van der Waals surface area contributed by atoms with Crippen LogP contribution in [-0.4, -0.2) is 11.1 Å². The van der Waals surface area contributed by atoms with Crippen LogP contribution in [0.2, 0.25) is 0 Å². The van der Waals surface area contributed by atoms with E-state index in [1.807, 2.05) is 19.9 Å². The van der Waals surface area contributed by atoms with Gasteiger partial charge in [-0.2, -0.15) is 0 Å². The maximum Gasteiger partial charge on any atom is 0.306 e. The van der Waals surface area contributed by atoms with Gasteiger partial charge in [-0.15, -0.1) is 0 Å². The molecule has 0 aliphatic rings. The van der Waals surface area contributed by atoms with E-state index < -0.39 is 5.97 Å². The Morgan fingerprint density at radius 3 is 2.60 bits per heavy atom. The molecule has 2 nitrogen and oxygen atoms in total. The molecule has 0 heterocycles. The number of hydrogen-bond donors (Lipinski definition) is 1. The highest BCUT2D eigenvalue weighted by atomic mass is 79.9. The van der Waals surface area contributed by atoms with Gasteiger partial charge in [-0.3, -0.25) is 4.79 Å². The predicted octanol–water partition coefficient (Wildman–Crippen LogP) is 3.33. The van der Waals surface area contributed by atoms with Crippen LogP contribution in [0.25, 0.3) is 0 Å². The molecule has 0 spiro atoms. The van der Waals surface area contributed by atoms with E-state index in [0.717, 1.165) is 21.2 Å². The minimum absolute atomic E-state index is 0.336. The normalized spacial score (nSPS) is 12.5. The molecule has 0 saturated heterocycles. The summed E-state index contributed by atoms with van der Waals surface area (Å²) < 4.78 is 1.05. The Labute approximate surface area is 98.4 Å². The smallest absolute Gasteiger partial charge is 0.306 e. The summed E-state index contributed by atoms with van der Waals surface area (Å²) in [5.41, 5.74) is 3.39. The molecule has 0 radical (unpaired) electrons. The summed E-state index contributed by atoms with van der Waals surface area (Å²) in [5.74, 6) is -1.08. The first kappa shape index (κ1) is 12.2. The summed E-state index contributed by atoms with van der Waals surface area (Å²) in [6.45, 7) is 5.75. The molecule has 0 aliphatic heterocycles. The fourth-order valence-corrected chi connectivity index (χ4v) is 2.13. The van der Waals surface area contributed by atoms with E-state index in [0.29, 0.717) is 6.42 Å². The predicted molar refractivity (Wildman–Crippen MR) is 64.1 cm³/mol. The van der Waals surface area contributed by atoms with Crippen LogP contribution in [0.1, 0.15) is 23.6 Å². The van der Waals surface area contributed by atoms with Gasteiger partial charge in [0.25, 0.3) is 0 Å². The van der Waals surface area contributed by atoms with E-state index in [1.54, 1.807) is 6.92 Å². The highest BCUT2D eigenvalue weighted by molar-refractivity contribution is 9.10. The molecule has 82 valence electrons. The molecule has 15 heavy (non-hydrogen) atoms. The van der Waals surface area contributed by atoms with Crippen LogP contribution in [-0.2, 0) is 11.2 Å². The molecule has 1 N–H and O–H groups in total. The number of aliphatic carboxylic acids is 1. The first-order valence-electron chi connectivity index (χ1n) is 4.90. The number of rotatable bonds is 3. The van der Waals surface area contributed by atoms with Gasteiger partial charge in [-0.1, -0.05) is 28.9 Å². The van der Waals surface area contributed by atoms with Crippen molar-refractivity contribution in [2.75, 3.05) is 0 Å². The molecule has 0 aromatic heterocycles. The van der Waals surface area contributed by atoms with Crippen molar-refractivity contribution in [3.8, 4) is 0 Å². The topological polar surface area (TPSA) is 37.3 Å². The lowest BCUT2D eigenvalue weighted by molar-refractivity contribution is -0.141. The third kappa shape index (κ3) is 3.06. The van der Waals surface area contributed by atoms with Gasteiger partial charge in [-0.05, 0) is 43.0 Å². The van der Waals surface area contributed by atoms with Gasteiger partial charge in [0.05, 0.1) is 5.92 Å². The number of benzene rings is 1. The van der Waals surface area contributed by atoms with Gasteiger partial charge in [0.15, 0.2) is 0 Å². The van der Waals surface area contributed by atoms with Crippen molar-refractivity contribution < 1.29 is 9.90 Å². The second-order valence-electron chi connectivity index (χ2n) is 3.97. The highest BCUT2D eigenvalue weighted by Crippen LogP contribution is 2.24. The third-order valence-electron chi connectivity index (χ3n) is 2.54. The standard InChI is InChI=1S/C12H15BrO2/c1-7-4-10(6-8(2)12(14)15)9(3)11(13)5-7/h4-5,8H,6H2,1-3H3,(H,14,15). The first-order chi connectivity index (χ1) is 6.91. The number of aryl methyl sites for hydroxylation is 1. The van der Waals surface area contributed by atoms with Crippen LogP contribution in [0, 0.1) is 19.8 Å². The molecule has 1 aromatic carbocycles. The van der Waals surface area contributed by atoms with E-state index in [2.05, 4.69) is 22.0 Å². The summed E-state index contributed by atoms with van der Waals surface area (Å²) in [7, 11) is 0. The summed E-state index contributed by atoms with van der Waals surface area (Å²) in [6, 6.07) is 4.10. The van der Waals surface area contributed by atoms with Crippen molar-refractivity contribution in [2.45, 2.75) is 27.2 Å². The van der Waals surface area contributed by atoms with Crippen molar-refractivity contribution in [1.82, 2.24) is 0 Å². The average molecular weight is 271 g/mol. The first-order valence-corrected chi connectivity index (χ1v) is 5.69. The molecule has 0 bridgehead atoms. The average Bonchev–Trinajstić information content (AvgIpc) is 2.13. The molecule has 0 aliphatic carbocycles. The lowest BCUT2D eigenvalue weighted by Crippen LogP contribution is -2.13. The second-order valence-corrected chi connectivity index (χ2v) is 4.83. The Bertz CT molecular complexity index is 385. The number of carboxylic acids is 1. The van der Waals surface area contributed by atoms with Gasteiger partial charge in [-0.25, -0.2) is 0 Å². The molecule has 0 amide bonds. The van der Waals surface area contributed by atoms with Crippen LogP contribution in [0.5, 0.6) is 0 Å². The van der Waals surface area contributed by atoms with E-state index in [-0.39, 0.29) is 5.92 Å². The molecule has 3 heteroatoms. The van der Waals surface area contributed by atoms with Crippen LogP contribution in [0.15, 0.2) is 16.6 Å². The van der Waals surface area contributed by atoms with Gasteiger partial charge >= 0.3 is 5.97 Å². The van der Waals surface area contributed by atoms with Crippen LogP contribution >= 0.6 is 15.9 Å². The zero-order chi connectivity index (χ0) is 11.6. The van der Waals surface area contributed by atoms with Gasteiger partial charge in [0, 0.05) is 4.47 Å². The monoisotopic (exact) mass is 270 g/mol. The van der Waals surface area contributed by atoms with Gasteiger partial charge in [0.1, 0.15) is 0 Å². The lowest BCUT2D eigenvalue weighted by atomic mass is 9.96. The SMILES string of the molecule is Cc1cc(Br)c(C)c(CC(C)C(=O)O)c1. The van der Waals surface area contributed by atoms with Crippen molar-refractivity contribution in [2.24, 2.45) is 5.92 Å². The molecule has 0 fully saturated rings. The Morgan fingerprint density at radius 2 is 2.07 bits per heavy atom. The zero-order valence-corrected chi connectivity index (χ0v) is 10.8. The number of carboxylic acid groups (broad SMARTS) is 1. The van der Waals surface area contributed by atoms with Crippen LogP contribution in [0.3, 0.4) is 0 Å². The van der Waals surface area contributed by atoms with E-state index in [4.69, 9.17) is 5.11 Å². The molecule has 1 rings (SSSR count). The zero-order valence-electron chi connectivity index (χ0n) is 9.17. The van der Waals surface area contributed by atoms with Crippen molar-refractivity contribution >= 4 is 21.9 Å². The van der Waals surface area contributed by atoms with Crippen molar-refractivity contribution in [3.63, 3.8) is 0 Å². The molecule has 1 aromatic rings. The Balaban J connectivity index is 2.99. The fourth-order valence-electron chi connectivity index (χ4n) is 1.52. The van der Waals surface area contributed by atoms with Crippen LogP contribution < -0.4 is 0 Å². The molecular formula is C12H15BrO2. The van der Waals surface area contributed by atoms with Gasteiger partial charge in [0.2, 0.25) is 0 Å². The van der Waals surface area contributed by atoms with E-state index >= 15 is 0 Å². The van der Waals surface area contributed by atoms with E-state index in [1.165, 1.54) is 0 Å². The summed E-state index contributed by atoms with van der Waals surface area (Å²) in [4.78, 5) is 10.8. The second kappa shape index (κ2) is 4.79. The quantitative estimate of drug-likeness (QED) is 0.915. The van der Waals surface area contributed by atoms with E-state index in [9.17, 15) is 4.79 Å². The minimum atomic E-state index is -0.743. The number of halogens is 1. The maximum absolute atomic E-state index is 10.8. The Kier molecular flexibility index (Phi) is 3.91. The minimum Gasteiger partial charge on any atom is -0.481 e. The summed E-state index contributed by atoms with van der Waals surface area (Å²) in [6.07, 6.45) is 0.585. The number of carbonyl (C=O) groups is 1. The lowest BCUT2D eigenvalue weighted by Gasteiger charge is -2.11. The Hall–Kier alpha value is -0.830.